The van der Waals surface area contributed by atoms with E-state index in [0.717, 1.165) is 25.9 Å². The Morgan fingerprint density at radius 2 is 2.06 bits per heavy atom. The zero-order valence-electron chi connectivity index (χ0n) is 9.00. The minimum absolute atomic E-state index is 0.176. The first-order chi connectivity index (χ1) is 7.66. The average Bonchev–Trinajstić information content (AvgIpc) is 2.28. The van der Waals surface area contributed by atoms with Gasteiger partial charge in [0.05, 0.1) is 11.1 Å². The van der Waals surface area contributed by atoms with Gasteiger partial charge < -0.3 is 5.11 Å². The van der Waals surface area contributed by atoms with Gasteiger partial charge in [0.1, 0.15) is 5.82 Å². The van der Waals surface area contributed by atoms with Crippen LogP contribution in [0.25, 0.3) is 0 Å². The number of hydrogen-bond acceptors (Lipinski definition) is 2. The fourth-order valence-corrected chi connectivity index (χ4v) is 2.18. The quantitative estimate of drug-likeness (QED) is 0.863. The van der Waals surface area contributed by atoms with E-state index in [1.165, 1.54) is 0 Å². The Hall–Kier alpha value is -0.640. The summed E-state index contributed by atoms with van der Waals surface area (Å²) in [5.74, 6) is -0.324. The van der Waals surface area contributed by atoms with E-state index in [-0.39, 0.29) is 16.9 Å². The van der Waals surface area contributed by atoms with E-state index in [0.29, 0.717) is 12.1 Å². The van der Waals surface area contributed by atoms with Crippen LogP contribution in [0.2, 0.25) is 5.02 Å². The molecule has 0 amide bonds. The van der Waals surface area contributed by atoms with Crippen LogP contribution in [-0.2, 0) is 6.54 Å². The lowest BCUT2D eigenvalue weighted by Gasteiger charge is -2.29. The highest BCUT2D eigenvalue weighted by Gasteiger charge is 2.18. The van der Waals surface area contributed by atoms with E-state index in [9.17, 15) is 9.50 Å². The highest BCUT2D eigenvalue weighted by Crippen LogP contribution is 2.20. The minimum atomic E-state index is -0.324. The summed E-state index contributed by atoms with van der Waals surface area (Å²) in [5, 5.41) is 9.55. The first-order valence-electron chi connectivity index (χ1n) is 5.50. The summed E-state index contributed by atoms with van der Waals surface area (Å²) in [6, 6.07) is 5.08. The fraction of sp³-hybridized carbons (Fsp3) is 0.500. The van der Waals surface area contributed by atoms with Gasteiger partial charge in [-0.15, -0.1) is 0 Å². The van der Waals surface area contributed by atoms with E-state index < -0.39 is 0 Å². The van der Waals surface area contributed by atoms with Gasteiger partial charge >= 0.3 is 0 Å². The summed E-state index contributed by atoms with van der Waals surface area (Å²) >= 11 is 5.72. The molecular formula is C12H15ClFNO. The maximum Gasteiger partial charge on any atom is 0.146 e. The molecule has 0 saturated carbocycles. The molecule has 1 aromatic carbocycles. The number of aliphatic hydroxyl groups is 1. The van der Waals surface area contributed by atoms with E-state index in [2.05, 4.69) is 4.90 Å². The molecule has 0 unspecified atom stereocenters. The van der Waals surface area contributed by atoms with Crippen LogP contribution in [0.5, 0.6) is 0 Å². The molecule has 0 aliphatic carbocycles. The molecule has 1 N–H and O–H groups in total. The van der Waals surface area contributed by atoms with Crippen LogP contribution < -0.4 is 0 Å². The summed E-state index contributed by atoms with van der Waals surface area (Å²) in [5.41, 5.74) is 0.629. The third-order valence-corrected chi connectivity index (χ3v) is 3.27. The Labute approximate surface area is 99.6 Å². The van der Waals surface area contributed by atoms with Crippen LogP contribution in [0, 0.1) is 5.82 Å². The smallest absolute Gasteiger partial charge is 0.146 e. The lowest BCUT2D eigenvalue weighted by Crippen LogP contribution is -2.35. The van der Waals surface area contributed by atoms with E-state index in [1.54, 1.807) is 18.2 Å². The van der Waals surface area contributed by atoms with Gasteiger partial charge in [-0.05, 0) is 18.9 Å². The number of hydrogen-bond donors (Lipinski definition) is 1. The summed E-state index contributed by atoms with van der Waals surface area (Å²) in [4.78, 5) is 2.14. The Morgan fingerprint density at radius 3 is 2.75 bits per heavy atom. The number of likely N-dealkylation sites (tertiary alicyclic amines) is 1. The normalized spacial score (nSPS) is 18.9. The molecule has 4 heteroatoms. The molecule has 1 saturated heterocycles. The molecule has 0 bridgehead atoms. The maximum atomic E-state index is 13.6. The summed E-state index contributed by atoms with van der Waals surface area (Å²) in [6.45, 7) is 2.19. The molecule has 0 radical (unpaired) electrons. The monoisotopic (exact) mass is 243 g/mol. The molecule has 1 aliphatic heterocycles. The van der Waals surface area contributed by atoms with Gasteiger partial charge in [-0.1, -0.05) is 23.7 Å². The van der Waals surface area contributed by atoms with Gasteiger partial charge in [0.2, 0.25) is 0 Å². The van der Waals surface area contributed by atoms with E-state index in [4.69, 9.17) is 11.6 Å². The number of rotatable bonds is 2. The van der Waals surface area contributed by atoms with Gasteiger partial charge in [-0.25, -0.2) is 4.39 Å². The van der Waals surface area contributed by atoms with Gasteiger partial charge in [0.25, 0.3) is 0 Å². The Kier molecular flexibility index (Phi) is 3.79. The van der Waals surface area contributed by atoms with Crippen LogP contribution in [0.15, 0.2) is 18.2 Å². The molecule has 0 aromatic heterocycles. The Bertz CT molecular complexity index is 364. The lowest BCUT2D eigenvalue weighted by molar-refractivity contribution is 0.0787. The predicted molar refractivity (Wildman–Crippen MR) is 61.9 cm³/mol. The van der Waals surface area contributed by atoms with Crippen LogP contribution in [0.4, 0.5) is 4.39 Å². The number of halogens is 2. The van der Waals surface area contributed by atoms with Crippen LogP contribution in [-0.4, -0.2) is 29.2 Å². The first kappa shape index (κ1) is 11.8. The SMILES string of the molecule is OC1CCN(Cc2cccc(Cl)c2F)CC1. The second kappa shape index (κ2) is 5.13. The Morgan fingerprint density at radius 1 is 1.38 bits per heavy atom. The molecule has 1 aliphatic rings. The maximum absolute atomic E-state index is 13.6. The molecule has 1 fully saturated rings. The second-order valence-corrected chi connectivity index (χ2v) is 4.63. The van der Waals surface area contributed by atoms with Crippen molar-refractivity contribution in [3.63, 3.8) is 0 Å². The van der Waals surface area contributed by atoms with Gasteiger partial charge in [0.15, 0.2) is 0 Å². The van der Waals surface area contributed by atoms with Crippen molar-refractivity contribution in [2.45, 2.75) is 25.5 Å². The van der Waals surface area contributed by atoms with Crippen molar-refractivity contribution in [2.24, 2.45) is 0 Å². The third-order valence-electron chi connectivity index (χ3n) is 2.98. The topological polar surface area (TPSA) is 23.5 Å². The molecule has 88 valence electrons. The number of piperidine rings is 1. The fourth-order valence-electron chi connectivity index (χ4n) is 1.99. The highest BCUT2D eigenvalue weighted by molar-refractivity contribution is 6.30. The first-order valence-corrected chi connectivity index (χ1v) is 5.88. The largest absolute Gasteiger partial charge is 0.393 e. The van der Waals surface area contributed by atoms with Crippen molar-refractivity contribution >= 4 is 11.6 Å². The highest BCUT2D eigenvalue weighted by atomic mass is 35.5. The standard InChI is InChI=1S/C12H15ClFNO/c13-11-3-1-2-9(12(11)14)8-15-6-4-10(16)5-7-15/h1-3,10,16H,4-8H2. The molecule has 0 atom stereocenters. The molecule has 2 rings (SSSR count). The second-order valence-electron chi connectivity index (χ2n) is 4.22. The number of benzene rings is 1. The summed E-state index contributed by atoms with van der Waals surface area (Å²) in [7, 11) is 0. The van der Waals surface area contributed by atoms with E-state index >= 15 is 0 Å². The van der Waals surface area contributed by atoms with Crippen LogP contribution in [0.3, 0.4) is 0 Å². The van der Waals surface area contributed by atoms with Crippen molar-refractivity contribution in [2.75, 3.05) is 13.1 Å². The van der Waals surface area contributed by atoms with Crippen LogP contribution in [0.1, 0.15) is 18.4 Å². The van der Waals surface area contributed by atoms with Crippen LogP contribution >= 0.6 is 11.6 Å². The van der Waals surface area contributed by atoms with Crippen molar-refractivity contribution in [3.05, 3.63) is 34.6 Å². The number of nitrogens with zero attached hydrogens (tertiary/aromatic N) is 1. The molecular weight excluding hydrogens is 229 g/mol. The van der Waals surface area contributed by atoms with Crippen molar-refractivity contribution < 1.29 is 9.50 Å². The third kappa shape index (κ3) is 2.73. The zero-order valence-corrected chi connectivity index (χ0v) is 9.75. The molecule has 1 heterocycles. The summed E-state index contributed by atoms with van der Waals surface area (Å²) in [6.07, 6.45) is 1.34. The number of aliphatic hydroxyl groups excluding tert-OH is 1. The van der Waals surface area contributed by atoms with Crippen molar-refractivity contribution in [1.29, 1.82) is 0 Å². The molecule has 0 spiro atoms. The minimum Gasteiger partial charge on any atom is -0.393 e. The molecule has 16 heavy (non-hydrogen) atoms. The average molecular weight is 244 g/mol. The van der Waals surface area contributed by atoms with Gasteiger partial charge in [-0.3, -0.25) is 4.90 Å². The van der Waals surface area contributed by atoms with Crippen molar-refractivity contribution in [3.8, 4) is 0 Å². The molecule has 1 aromatic rings. The lowest BCUT2D eigenvalue weighted by atomic mass is 10.1. The van der Waals surface area contributed by atoms with E-state index in [1.807, 2.05) is 0 Å². The molecule has 2 nitrogen and oxygen atoms in total. The Balaban J connectivity index is 2.01. The summed E-state index contributed by atoms with van der Waals surface area (Å²) < 4.78 is 13.6. The van der Waals surface area contributed by atoms with Gasteiger partial charge in [-0.2, -0.15) is 0 Å². The zero-order chi connectivity index (χ0) is 11.5. The predicted octanol–water partition coefficient (Wildman–Crippen LogP) is 2.44. The van der Waals surface area contributed by atoms with Gasteiger partial charge in [0, 0.05) is 25.2 Å². The van der Waals surface area contributed by atoms with Crippen molar-refractivity contribution in [1.82, 2.24) is 4.90 Å².